The first-order valence-corrected chi connectivity index (χ1v) is 13.3. The number of aromatic nitrogens is 1. The highest BCUT2D eigenvalue weighted by Crippen LogP contribution is 2.27. The minimum Gasteiger partial charge on any atom is -0.383 e. The zero-order valence-corrected chi connectivity index (χ0v) is 23.3. The van der Waals surface area contributed by atoms with Gasteiger partial charge in [0.05, 0.1) is 11.7 Å². The molecule has 0 radical (unpaired) electrons. The van der Waals surface area contributed by atoms with Gasteiger partial charge >= 0.3 is 0 Å². The van der Waals surface area contributed by atoms with Gasteiger partial charge in [0.1, 0.15) is 5.82 Å². The lowest BCUT2D eigenvalue weighted by Crippen LogP contribution is -2.50. The molecule has 0 bridgehead atoms. The molecule has 39 heavy (non-hydrogen) atoms. The van der Waals surface area contributed by atoms with E-state index in [1.165, 1.54) is 0 Å². The number of aliphatic hydroxyl groups is 1. The largest absolute Gasteiger partial charge is 0.383 e. The summed E-state index contributed by atoms with van der Waals surface area (Å²) in [6.07, 6.45) is -0.111. The molecule has 10 heteroatoms. The summed E-state index contributed by atoms with van der Waals surface area (Å²) in [5.41, 5.74) is 8.22. The van der Waals surface area contributed by atoms with Crippen molar-refractivity contribution in [1.82, 2.24) is 10.3 Å². The predicted octanol–water partition coefficient (Wildman–Crippen LogP) is 4.16. The highest BCUT2D eigenvalue weighted by Gasteiger charge is 2.32. The van der Waals surface area contributed by atoms with Gasteiger partial charge in [-0.2, -0.15) is 0 Å². The third-order valence-corrected chi connectivity index (χ3v) is 7.17. The third kappa shape index (κ3) is 6.19. The normalized spacial score (nSPS) is 12.5. The van der Waals surface area contributed by atoms with E-state index in [9.17, 15) is 14.7 Å². The molecule has 4 rings (SSSR count). The number of fused-ring (bicyclic) bond motifs is 1. The fraction of sp³-hybridized carbons (Fsp3) is 0.207. The van der Waals surface area contributed by atoms with Crippen molar-refractivity contribution in [3.05, 3.63) is 94.6 Å². The standard InChI is InChI=1S/C29H31BrN6O3/c1-3-35(4-2)22-11-7-19(8-12-22)28(38)34-25(18-5-9-21(30)10-6-18)26(37)29(39)36(32)23-13-14-24-20(17-23)15-16-33-27(24)31/h5-17,25-26,37H,3-4,32H2,1-2H3,(H2,31,33)(H,34,38). The molecule has 4 aromatic rings. The van der Waals surface area contributed by atoms with Crippen molar-refractivity contribution in [1.29, 1.82) is 0 Å². The summed E-state index contributed by atoms with van der Waals surface area (Å²) in [6, 6.07) is 19.9. The predicted molar refractivity (Wildman–Crippen MR) is 158 cm³/mol. The number of nitrogens with one attached hydrogen (secondary N) is 1. The zero-order valence-electron chi connectivity index (χ0n) is 21.7. The van der Waals surface area contributed by atoms with Gasteiger partial charge in [-0.3, -0.25) is 9.59 Å². The Hall–Kier alpha value is -3.99. The average Bonchev–Trinajstić information content (AvgIpc) is 2.96. The highest BCUT2D eigenvalue weighted by molar-refractivity contribution is 9.10. The molecule has 0 fully saturated rings. The van der Waals surface area contributed by atoms with Gasteiger partial charge in [0.25, 0.3) is 11.8 Å². The molecule has 0 spiro atoms. The maximum Gasteiger partial charge on any atom is 0.272 e. The number of halogens is 1. The van der Waals surface area contributed by atoms with Gasteiger partial charge in [-0.15, -0.1) is 0 Å². The van der Waals surface area contributed by atoms with E-state index in [1.807, 2.05) is 12.1 Å². The van der Waals surface area contributed by atoms with E-state index < -0.39 is 24.0 Å². The van der Waals surface area contributed by atoms with E-state index >= 15 is 0 Å². The van der Waals surface area contributed by atoms with Crippen molar-refractivity contribution >= 4 is 55.7 Å². The Balaban J connectivity index is 1.60. The number of amides is 2. The van der Waals surface area contributed by atoms with Crippen LogP contribution in [0.2, 0.25) is 0 Å². The molecule has 0 saturated carbocycles. The second-order valence-electron chi connectivity index (χ2n) is 8.98. The van der Waals surface area contributed by atoms with Gasteiger partial charge < -0.3 is 21.1 Å². The van der Waals surface area contributed by atoms with Gasteiger partial charge in [-0.1, -0.05) is 28.1 Å². The van der Waals surface area contributed by atoms with Crippen LogP contribution in [0.5, 0.6) is 0 Å². The lowest BCUT2D eigenvalue weighted by Gasteiger charge is -2.28. The van der Waals surface area contributed by atoms with E-state index in [4.69, 9.17) is 11.6 Å². The summed E-state index contributed by atoms with van der Waals surface area (Å²) >= 11 is 3.39. The van der Waals surface area contributed by atoms with E-state index in [0.29, 0.717) is 22.6 Å². The number of pyridine rings is 1. The van der Waals surface area contributed by atoms with Crippen LogP contribution in [0.25, 0.3) is 10.8 Å². The molecule has 202 valence electrons. The van der Waals surface area contributed by atoms with Crippen LogP contribution in [0.4, 0.5) is 17.2 Å². The Morgan fingerprint density at radius 2 is 1.62 bits per heavy atom. The number of nitrogens with two attached hydrogens (primary N) is 2. The van der Waals surface area contributed by atoms with Gasteiger partial charge in [-0.25, -0.2) is 15.8 Å². The van der Waals surface area contributed by atoms with Crippen LogP contribution in [0, 0.1) is 0 Å². The molecule has 2 amide bonds. The van der Waals surface area contributed by atoms with Crippen LogP contribution < -0.4 is 26.8 Å². The number of benzene rings is 3. The second kappa shape index (κ2) is 12.2. The molecule has 0 aliphatic carbocycles. The van der Waals surface area contributed by atoms with Crippen LogP contribution >= 0.6 is 15.9 Å². The van der Waals surface area contributed by atoms with E-state index in [-0.39, 0.29) is 0 Å². The second-order valence-corrected chi connectivity index (χ2v) is 9.89. The molecule has 9 nitrogen and oxygen atoms in total. The van der Waals surface area contributed by atoms with Crippen molar-refractivity contribution in [3.8, 4) is 0 Å². The molecule has 1 heterocycles. The van der Waals surface area contributed by atoms with Crippen molar-refractivity contribution in [2.45, 2.75) is 26.0 Å². The Morgan fingerprint density at radius 1 is 0.974 bits per heavy atom. The molecule has 6 N–H and O–H groups in total. The van der Waals surface area contributed by atoms with Crippen molar-refractivity contribution in [3.63, 3.8) is 0 Å². The summed E-state index contributed by atoms with van der Waals surface area (Å²) in [7, 11) is 0. The van der Waals surface area contributed by atoms with E-state index in [0.717, 1.165) is 39.0 Å². The molecule has 3 aromatic carbocycles. The number of nitrogens with zero attached hydrogens (tertiary/aromatic N) is 3. The zero-order chi connectivity index (χ0) is 28.1. The summed E-state index contributed by atoms with van der Waals surface area (Å²) in [6.45, 7) is 5.82. The van der Waals surface area contributed by atoms with Crippen LogP contribution in [0.1, 0.15) is 35.8 Å². The Bertz CT molecular complexity index is 1460. The number of aliphatic hydroxyl groups excluding tert-OH is 1. The van der Waals surface area contributed by atoms with Crippen molar-refractivity contribution in [2.24, 2.45) is 5.84 Å². The maximum atomic E-state index is 13.4. The SMILES string of the molecule is CCN(CC)c1ccc(C(=O)NC(c2ccc(Br)cc2)C(O)C(=O)N(N)c2ccc3c(N)nccc3c2)cc1. The lowest BCUT2D eigenvalue weighted by atomic mass is 9.99. The minimum atomic E-state index is -1.67. The van der Waals surface area contributed by atoms with Gasteiger partial charge in [0, 0.05) is 40.4 Å². The number of carbonyl (C=O) groups excluding carboxylic acids is 2. The Morgan fingerprint density at radius 3 is 2.26 bits per heavy atom. The molecular formula is C29H31BrN6O3. The first-order valence-electron chi connectivity index (χ1n) is 12.6. The number of rotatable bonds is 9. The third-order valence-electron chi connectivity index (χ3n) is 6.64. The lowest BCUT2D eigenvalue weighted by molar-refractivity contribution is -0.128. The van der Waals surface area contributed by atoms with Crippen LogP contribution in [-0.4, -0.2) is 41.1 Å². The summed E-state index contributed by atoms with van der Waals surface area (Å²) < 4.78 is 0.814. The number of carbonyl (C=O) groups is 2. The molecule has 2 unspecified atom stereocenters. The van der Waals surface area contributed by atoms with Crippen LogP contribution in [0.3, 0.4) is 0 Å². The first-order chi connectivity index (χ1) is 18.7. The fourth-order valence-electron chi connectivity index (χ4n) is 4.40. The molecule has 0 saturated heterocycles. The fourth-order valence-corrected chi connectivity index (χ4v) is 4.67. The Labute approximate surface area is 235 Å². The van der Waals surface area contributed by atoms with Gasteiger partial charge in [0.15, 0.2) is 6.10 Å². The number of hydrogen-bond donors (Lipinski definition) is 4. The number of nitrogen functional groups attached to an aromatic ring is 1. The highest BCUT2D eigenvalue weighted by atomic mass is 79.9. The molecule has 0 aliphatic rings. The smallest absolute Gasteiger partial charge is 0.272 e. The number of anilines is 3. The van der Waals surface area contributed by atoms with Crippen molar-refractivity contribution < 1.29 is 14.7 Å². The number of hydrazine groups is 1. The molecule has 2 atom stereocenters. The van der Waals surface area contributed by atoms with Crippen LogP contribution in [0.15, 0.2) is 83.5 Å². The van der Waals surface area contributed by atoms with E-state index in [2.05, 4.69) is 45.0 Å². The van der Waals surface area contributed by atoms with Crippen molar-refractivity contribution in [2.75, 3.05) is 28.7 Å². The Kier molecular flexibility index (Phi) is 8.80. The van der Waals surface area contributed by atoms with Crippen LogP contribution in [-0.2, 0) is 4.79 Å². The van der Waals surface area contributed by atoms with E-state index in [1.54, 1.807) is 66.9 Å². The summed E-state index contributed by atoms with van der Waals surface area (Å²) in [5.74, 6) is 5.31. The average molecular weight is 592 g/mol. The minimum absolute atomic E-state index is 0.352. The summed E-state index contributed by atoms with van der Waals surface area (Å²) in [5, 5.41) is 16.4. The van der Waals surface area contributed by atoms with Gasteiger partial charge in [-0.05, 0) is 85.5 Å². The molecular weight excluding hydrogens is 560 g/mol. The molecule has 1 aromatic heterocycles. The molecule has 0 aliphatic heterocycles. The summed E-state index contributed by atoms with van der Waals surface area (Å²) in [4.78, 5) is 32.9. The maximum absolute atomic E-state index is 13.4. The topological polar surface area (TPSA) is 138 Å². The number of hydrogen-bond acceptors (Lipinski definition) is 7. The van der Waals surface area contributed by atoms with Gasteiger partial charge in [0.2, 0.25) is 0 Å². The monoisotopic (exact) mass is 590 g/mol. The first kappa shape index (κ1) is 28.0. The quantitative estimate of drug-likeness (QED) is 0.130.